The molecular formula is C13H27N2. The first-order valence-corrected chi connectivity index (χ1v) is 6.53. The molecule has 0 aromatic carbocycles. The lowest BCUT2D eigenvalue weighted by Gasteiger charge is -2.39. The molecule has 15 heavy (non-hydrogen) atoms. The summed E-state index contributed by atoms with van der Waals surface area (Å²) >= 11 is 0. The summed E-state index contributed by atoms with van der Waals surface area (Å²) in [5, 5.41) is 3.52. The third kappa shape index (κ3) is 4.12. The van der Waals surface area contributed by atoms with Crippen LogP contribution in [0.1, 0.15) is 39.5 Å². The maximum atomic E-state index is 3.93. The van der Waals surface area contributed by atoms with Crippen molar-refractivity contribution in [2.24, 2.45) is 5.92 Å². The minimum Gasteiger partial charge on any atom is -0.314 e. The third-order valence-corrected chi connectivity index (χ3v) is 3.48. The van der Waals surface area contributed by atoms with Crippen LogP contribution in [0.5, 0.6) is 0 Å². The van der Waals surface area contributed by atoms with E-state index in [4.69, 9.17) is 0 Å². The summed E-state index contributed by atoms with van der Waals surface area (Å²) in [6.45, 7) is 13.4. The van der Waals surface area contributed by atoms with Crippen LogP contribution >= 0.6 is 0 Å². The van der Waals surface area contributed by atoms with E-state index in [1.807, 2.05) is 0 Å². The molecule has 2 nitrogen and oxygen atoms in total. The summed E-state index contributed by atoms with van der Waals surface area (Å²) in [7, 11) is 0. The van der Waals surface area contributed by atoms with Crippen molar-refractivity contribution in [3.05, 3.63) is 6.92 Å². The quantitative estimate of drug-likeness (QED) is 0.725. The first-order chi connectivity index (χ1) is 7.29. The summed E-state index contributed by atoms with van der Waals surface area (Å²) in [6.07, 6.45) is 4.96. The average Bonchev–Trinajstić information content (AvgIpc) is 2.27. The summed E-state index contributed by atoms with van der Waals surface area (Å²) in [6, 6.07) is 0.755. The van der Waals surface area contributed by atoms with Gasteiger partial charge in [-0.3, -0.25) is 4.90 Å². The summed E-state index contributed by atoms with van der Waals surface area (Å²) < 4.78 is 0. The zero-order valence-corrected chi connectivity index (χ0v) is 10.5. The van der Waals surface area contributed by atoms with Gasteiger partial charge in [0.1, 0.15) is 0 Å². The van der Waals surface area contributed by atoms with Crippen LogP contribution in [0.2, 0.25) is 0 Å². The van der Waals surface area contributed by atoms with Crippen molar-refractivity contribution in [1.82, 2.24) is 10.2 Å². The van der Waals surface area contributed by atoms with Gasteiger partial charge in [0.05, 0.1) is 0 Å². The highest BCUT2D eigenvalue weighted by atomic mass is 15.2. The Hall–Kier alpha value is -0.0800. The molecule has 0 aliphatic carbocycles. The van der Waals surface area contributed by atoms with E-state index >= 15 is 0 Å². The van der Waals surface area contributed by atoms with Gasteiger partial charge in [-0.2, -0.15) is 0 Å². The molecule has 89 valence electrons. The highest BCUT2D eigenvalue weighted by Crippen LogP contribution is 2.19. The molecule has 1 fully saturated rings. The number of hydrogen-bond acceptors (Lipinski definition) is 2. The third-order valence-electron chi connectivity index (χ3n) is 3.48. The first kappa shape index (κ1) is 13.0. The Balaban J connectivity index is 2.39. The molecule has 1 radical (unpaired) electrons. The number of nitrogens with zero attached hydrogens (tertiary/aromatic N) is 1. The molecule has 0 saturated carbocycles. The van der Waals surface area contributed by atoms with Gasteiger partial charge in [0.15, 0.2) is 0 Å². The van der Waals surface area contributed by atoms with Gasteiger partial charge in [-0.1, -0.05) is 33.6 Å². The van der Waals surface area contributed by atoms with Crippen LogP contribution in [0.15, 0.2) is 0 Å². The van der Waals surface area contributed by atoms with Gasteiger partial charge < -0.3 is 5.32 Å². The smallest absolute Gasteiger partial charge is 0.0246 e. The Morgan fingerprint density at radius 1 is 1.53 bits per heavy atom. The highest BCUT2D eigenvalue weighted by molar-refractivity contribution is 4.83. The van der Waals surface area contributed by atoms with E-state index < -0.39 is 0 Å². The zero-order valence-electron chi connectivity index (χ0n) is 10.5. The molecule has 0 amide bonds. The van der Waals surface area contributed by atoms with Crippen LogP contribution in [0.25, 0.3) is 0 Å². The van der Waals surface area contributed by atoms with Crippen molar-refractivity contribution >= 4 is 0 Å². The minimum atomic E-state index is 0.755. The minimum absolute atomic E-state index is 0.755. The number of piperazine rings is 1. The fourth-order valence-electron chi connectivity index (χ4n) is 2.55. The van der Waals surface area contributed by atoms with Gasteiger partial charge in [-0.05, 0) is 25.3 Å². The lowest BCUT2D eigenvalue weighted by Crippen LogP contribution is -2.54. The predicted octanol–water partition coefficient (Wildman–Crippen LogP) is 2.31. The maximum Gasteiger partial charge on any atom is 0.0246 e. The normalized spacial score (nSPS) is 25.4. The molecule has 1 rings (SSSR count). The van der Waals surface area contributed by atoms with Gasteiger partial charge in [0.25, 0.3) is 0 Å². The lowest BCUT2D eigenvalue weighted by atomic mass is 9.93. The second kappa shape index (κ2) is 7.24. The largest absolute Gasteiger partial charge is 0.314 e. The van der Waals surface area contributed by atoms with E-state index in [2.05, 4.69) is 31.0 Å². The maximum absolute atomic E-state index is 3.93. The van der Waals surface area contributed by atoms with E-state index in [1.54, 1.807) is 0 Å². The molecule has 1 aliphatic rings. The Bertz CT molecular complexity index is 157. The van der Waals surface area contributed by atoms with Crippen LogP contribution in [0.3, 0.4) is 0 Å². The molecule has 1 saturated heterocycles. The first-order valence-electron chi connectivity index (χ1n) is 6.53. The molecular weight excluding hydrogens is 184 g/mol. The molecule has 1 aliphatic heterocycles. The molecule has 0 aromatic rings. The Kier molecular flexibility index (Phi) is 6.26. The van der Waals surface area contributed by atoms with Gasteiger partial charge in [-0.25, -0.2) is 0 Å². The van der Waals surface area contributed by atoms with Crippen molar-refractivity contribution in [2.45, 2.75) is 45.6 Å². The van der Waals surface area contributed by atoms with E-state index in [-0.39, 0.29) is 0 Å². The van der Waals surface area contributed by atoms with Crippen LogP contribution < -0.4 is 5.32 Å². The Morgan fingerprint density at radius 2 is 2.33 bits per heavy atom. The molecule has 2 atom stereocenters. The number of nitrogens with one attached hydrogen (secondary N) is 1. The highest BCUT2D eigenvalue weighted by Gasteiger charge is 2.25. The Morgan fingerprint density at radius 3 is 3.00 bits per heavy atom. The van der Waals surface area contributed by atoms with E-state index in [1.165, 1.54) is 45.4 Å². The Labute approximate surface area is 95.4 Å². The van der Waals surface area contributed by atoms with E-state index in [9.17, 15) is 0 Å². The van der Waals surface area contributed by atoms with Gasteiger partial charge >= 0.3 is 0 Å². The standard InChI is InChI=1S/C13H27N2/c1-4-6-7-12(3)13-11-14-8-10-15(13)9-5-2/h12-14H,1,4-11H2,2-3H3. The predicted molar refractivity (Wildman–Crippen MR) is 66.9 cm³/mol. The van der Waals surface area contributed by atoms with Gasteiger partial charge in [-0.15, -0.1) is 0 Å². The van der Waals surface area contributed by atoms with Crippen LogP contribution in [-0.4, -0.2) is 37.1 Å². The van der Waals surface area contributed by atoms with E-state index in [0.29, 0.717) is 0 Å². The molecule has 0 bridgehead atoms. The summed E-state index contributed by atoms with van der Waals surface area (Å²) in [5.74, 6) is 0.811. The zero-order chi connectivity index (χ0) is 11.1. The topological polar surface area (TPSA) is 15.3 Å². The second-order valence-electron chi connectivity index (χ2n) is 4.78. The lowest BCUT2D eigenvalue weighted by molar-refractivity contribution is 0.114. The van der Waals surface area contributed by atoms with Gasteiger partial charge in [0.2, 0.25) is 0 Å². The van der Waals surface area contributed by atoms with Crippen molar-refractivity contribution in [3.8, 4) is 0 Å². The number of unbranched alkanes of at least 4 members (excludes halogenated alkanes) is 1. The average molecular weight is 211 g/mol. The molecule has 1 N–H and O–H groups in total. The van der Waals surface area contributed by atoms with Crippen LogP contribution in [0.4, 0.5) is 0 Å². The molecule has 0 aromatic heterocycles. The second-order valence-corrected chi connectivity index (χ2v) is 4.78. The fourth-order valence-corrected chi connectivity index (χ4v) is 2.55. The fraction of sp³-hybridized carbons (Fsp3) is 0.923. The van der Waals surface area contributed by atoms with Crippen molar-refractivity contribution in [1.29, 1.82) is 0 Å². The van der Waals surface area contributed by atoms with E-state index in [0.717, 1.165) is 18.4 Å². The van der Waals surface area contributed by atoms with Crippen molar-refractivity contribution < 1.29 is 0 Å². The molecule has 2 unspecified atom stereocenters. The molecule has 1 heterocycles. The molecule has 2 heteroatoms. The summed E-state index contributed by atoms with van der Waals surface area (Å²) in [5.41, 5.74) is 0. The van der Waals surface area contributed by atoms with Crippen LogP contribution in [0, 0.1) is 12.8 Å². The summed E-state index contributed by atoms with van der Waals surface area (Å²) in [4.78, 5) is 2.67. The number of rotatable bonds is 6. The van der Waals surface area contributed by atoms with Gasteiger partial charge in [0, 0.05) is 25.7 Å². The van der Waals surface area contributed by atoms with Crippen molar-refractivity contribution in [3.63, 3.8) is 0 Å². The monoisotopic (exact) mass is 211 g/mol. The SMILES string of the molecule is [CH2]CCCC(C)C1CNCCN1CCC. The van der Waals surface area contributed by atoms with Crippen molar-refractivity contribution in [2.75, 3.05) is 26.2 Å². The van der Waals surface area contributed by atoms with Crippen LogP contribution in [-0.2, 0) is 0 Å². The molecule has 0 spiro atoms. The number of hydrogen-bond donors (Lipinski definition) is 1.